The number of rotatable bonds is 4. The molecule has 0 aromatic heterocycles. The van der Waals surface area contributed by atoms with Gasteiger partial charge in [0, 0.05) is 5.69 Å². The summed E-state index contributed by atoms with van der Waals surface area (Å²) in [5, 5.41) is 0. The van der Waals surface area contributed by atoms with Crippen LogP contribution in [-0.2, 0) is 6.61 Å². The Labute approximate surface area is 127 Å². The number of nitrogen functional groups attached to an aromatic ring is 1. The van der Waals surface area contributed by atoms with Crippen LogP contribution in [0, 0.1) is 13.8 Å². The van der Waals surface area contributed by atoms with Gasteiger partial charge in [-0.2, -0.15) is 0 Å². The molecule has 4 heteroatoms. The third-order valence-corrected chi connectivity index (χ3v) is 3.79. The van der Waals surface area contributed by atoms with Crippen molar-refractivity contribution >= 4 is 21.6 Å². The first kappa shape index (κ1) is 14.7. The van der Waals surface area contributed by atoms with Crippen molar-refractivity contribution < 1.29 is 9.47 Å². The lowest BCUT2D eigenvalue weighted by molar-refractivity contribution is 0.303. The molecule has 2 aromatic carbocycles. The zero-order valence-corrected chi connectivity index (χ0v) is 13.5. The molecule has 0 bridgehead atoms. The predicted molar refractivity (Wildman–Crippen MR) is 85.4 cm³/mol. The Morgan fingerprint density at radius 2 is 1.80 bits per heavy atom. The average molecular weight is 336 g/mol. The van der Waals surface area contributed by atoms with Crippen LogP contribution in [0.4, 0.5) is 5.69 Å². The summed E-state index contributed by atoms with van der Waals surface area (Å²) in [5.74, 6) is 1.68. The molecular formula is C16H18BrNO2. The predicted octanol–water partition coefficient (Wildman–Crippen LogP) is 4.24. The number of nitrogens with two attached hydrogens (primary N) is 1. The van der Waals surface area contributed by atoms with Crippen LogP contribution in [-0.4, -0.2) is 7.11 Å². The highest BCUT2D eigenvalue weighted by molar-refractivity contribution is 9.10. The molecule has 0 unspecified atom stereocenters. The SMILES string of the molecule is COc1ccc(COc2cc(C)c(N)cc2C)cc1Br. The van der Waals surface area contributed by atoms with Gasteiger partial charge in [0.1, 0.15) is 18.1 Å². The second-order valence-electron chi connectivity index (χ2n) is 4.73. The highest BCUT2D eigenvalue weighted by Crippen LogP contribution is 2.28. The number of halogens is 1. The molecule has 0 atom stereocenters. The van der Waals surface area contributed by atoms with Gasteiger partial charge in [0.25, 0.3) is 0 Å². The average Bonchev–Trinajstić information content (AvgIpc) is 2.41. The zero-order chi connectivity index (χ0) is 14.7. The van der Waals surface area contributed by atoms with Gasteiger partial charge in [0.15, 0.2) is 0 Å². The molecule has 0 heterocycles. The van der Waals surface area contributed by atoms with E-state index < -0.39 is 0 Å². The Bertz CT molecular complexity index is 626. The molecule has 0 saturated heterocycles. The number of anilines is 1. The van der Waals surface area contributed by atoms with Crippen molar-refractivity contribution in [3.05, 3.63) is 51.5 Å². The van der Waals surface area contributed by atoms with Crippen LogP contribution in [0.2, 0.25) is 0 Å². The van der Waals surface area contributed by atoms with Gasteiger partial charge in [-0.3, -0.25) is 0 Å². The molecule has 0 aliphatic heterocycles. The molecular weight excluding hydrogens is 318 g/mol. The van der Waals surface area contributed by atoms with Crippen molar-refractivity contribution in [1.29, 1.82) is 0 Å². The lowest BCUT2D eigenvalue weighted by Crippen LogP contribution is -1.99. The van der Waals surface area contributed by atoms with Gasteiger partial charge in [-0.15, -0.1) is 0 Å². The van der Waals surface area contributed by atoms with E-state index in [0.29, 0.717) is 6.61 Å². The molecule has 0 fully saturated rings. The lowest BCUT2D eigenvalue weighted by atomic mass is 10.1. The van der Waals surface area contributed by atoms with Crippen molar-refractivity contribution in [2.24, 2.45) is 0 Å². The molecule has 2 aromatic rings. The summed E-state index contributed by atoms with van der Waals surface area (Å²) < 4.78 is 12.0. The maximum atomic E-state index is 5.87. The van der Waals surface area contributed by atoms with E-state index in [1.54, 1.807) is 7.11 Å². The normalized spacial score (nSPS) is 10.4. The summed E-state index contributed by atoms with van der Waals surface area (Å²) in [6.07, 6.45) is 0. The van der Waals surface area contributed by atoms with Gasteiger partial charge in [-0.05, 0) is 70.7 Å². The molecule has 0 amide bonds. The monoisotopic (exact) mass is 335 g/mol. The van der Waals surface area contributed by atoms with Crippen LogP contribution >= 0.6 is 15.9 Å². The molecule has 0 aliphatic carbocycles. The Hall–Kier alpha value is -1.68. The molecule has 0 saturated carbocycles. The summed E-state index contributed by atoms with van der Waals surface area (Å²) in [7, 11) is 1.65. The van der Waals surface area contributed by atoms with Crippen LogP contribution in [0.25, 0.3) is 0 Å². The van der Waals surface area contributed by atoms with E-state index in [1.807, 2.05) is 44.2 Å². The Kier molecular flexibility index (Phi) is 4.55. The minimum Gasteiger partial charge on any atom is -0.496 e. The van der Waals surface area contributed by atoms with Gasteiger partial charge in [-0.25, -0.2) is 0 Å². The number of hydrogen-bond acceptors (Lipinski definition) is 3. The van der Waals surface area contributed by atoms with Gasteiger partial charge in [-0.1, -0.05) is 6.07 Å². The summed E-state index contributed by atoms with van der Waals surface area (Å²) in [6.45, 7) is 4.48. The first-order chi connectivity index (χ1) is 9.51. The number of benzene rings is 2. The first-order valence-corrected chi connectivity index (χ1v) is 7.12. The highest BCUT2D eigenvalue weighted by atomic mass is 79.9. The van der Waals surface area contributed by atoms with Gasteiger partial charge < -0.3 is 15.2 Å². The number of methoxy groups -OCH3 is 1. The van der Waals surface area contributed by atoms with Gasteiger partial charge in [0.05, 0.1) is 11.6 Å². The smallest absolute Gasteiger partial charge is 0.133 e. The summed E-state index contributed by atoms with van der Waals surface area (Å²) in [4.78, 5) is 0. The van der Waals surface area contributed by atoms with Crippen LogP contribution in [0.1, 0.15) is 16.7 Å². The van der Waals surface area contributed by atoms with Crippen molar-refractivity contribution in [2.75, 3.05) is 12.8 Å². The van der Waals surface area contributed by atoms with E-state index in [9.17, 15) is 0 Å². The van der Waals surface area contributed by atoms with E-state index >= 15 is 0 Å². The molecule has 0 aliphatic rings. The summed E-state index contributed by atoms with van der Waals surface area (Å²) >= 11 is 3.47. The fourth-order valence-corrected chi connectivity index (χ4v) is 2.52. The van der Waals surface area contributed by atoms with Gasteiger partial charge >= 0.3 is 0 Å². The Morgan fingerprint density at radius 3 is 2.45 bits per heavy atom. The summed E-state index contributed by atoms with van der Waals surface area (Å²) in [5.41, 5.74) is 9.81. The van der Waals surface area contributed by atoms with E-state index in [1.165, 1.54) is 0 Å². The molecule has 0 radical (unpaired) electrons. The van der Waals surface area contributed by atoms with Gasteiger partial charge in [0.2, 0.25) is 0 Å². The Balaban J connectivity index is 2.13. The molecule has 2 N–H and O–H groups in total. The van der Waals surface area contributed by atoms with E-state index in [4.69, 9.17) is 15.2 Å². The Morgan fingerprint density at radius 1 is 1.05 bits per heavy atom. The molecule has 0 spiro atoms. The molecule has 106 valence electrons. The van der Waals surface area contributed by atoms with Crippen molar-refractivity contribution in [2.45, 2.75) is 20.5 Å². The maximum Gasteiger partial charge on any atom is 0.133 e. The highest BCUT2D eigenvalue weighted by Gasteiger charge is 2.06. The van der Waals surface area contributed by atoms with Crippen molar-refractivity contribution in [1.82, 2.24) is 0 Å². The number of ether oxygens (including phenoxy) is 2. The fourth-order valence-electron chi connectivity index (χ4n) is 1.93. The van der Waals surface area contributed by atoms with E-state index in [-0.39, 0.29) is 0 Å². The van der Waals surface area contributed by atoms with Crippen LogP contribution in [0.15, 0.2) is 34.8 Å². The van der Waals surface area contributed by atoms with Crippen molar-refractivity contribution in [3.63, 3.8) is 0 Å². The second kappa shape index (κ2) is 6.18. The summed E-state index contributed by atoms with van der Waals surface area (Å²) in [6, 6.07) is 9.82. The van der Waals surface area contributed by atoms with Crippen LogP contribution in [0.5, 0.6) is 11.5 Å². The first-order valence-electron chi connectivity index (χ1n) is 6.33. The number of hydrogen-bond donors (Lipinski definition) is 1. The largest absolute Gasteiger partial charge is 0.496 e. The lowest BCUT2D eigenvalue weighted by Gasteiger charge is -2.12. The number of aryl methyl sites for hydroxylation is 2. The zero-order valence-electron chi connectivity index (χ0n) is 11.9. The minimum atomic E-state index is 0.507. The molecule has 20 heavy (non-hydrogen) atoms. The van der Waals surface area contributed by atoms with Crippen molar-refractivity contribution in [3.8, 4) is 11.5 Å². The maximum absolute atomic E-state index is 5.87. The molecule has 3 nitrogen and oxygen atoms in total. The second-order valence-corrected chi connectivity index (χ2v) is 5.59. The third kappa shape index (κ3) is 3.25. The standard InChI is InChI=1S/C16H18BrNO2/c1-10-7-16(11(2)6-14(10)18)20-9-12-4-5-15(19-3)13(17)8-12/h4-8H,9,18H2,1-3H3. The topological polar surface area (TPSA) is 44.5 Å². The molecule has 2 rings (SSSR count). The van der Waals surface area contributed by atoms with E-state index in [0.717, 1.165) is 38.3 Å². The van der Waals surface area contributed by atoms with Crippen LogP contribution < -0.4 is 15.2 Å². The van der Waals surface area contributed by atoms with E-state index in [2.05, 4.69) is 15.9 Å². The third-order valence-electron chi connectivity index (χ3n) is 3.17. The van der Waals surface area contributed by atoms with Crippen LogP contribution in [0.3, 0.4) is 0 Å². The minimum absolute atomic E-state index is 0.507. The fraction of sp³-hybridized carbons (Fsp3) is 0.250. The quantitative estimate of drug-likeness (QED) is 0.850.